The van der Waals surface area contributed by atoms with Crippen molar-refractivity contribution in [2.75, 3.05) is 6.61 Å². The maximum Gasteiger partial charge on any atom is 0.261 e. The summed E-state index contributed by atoms with van der Waals surface area (Å²) in [7, 11) is 0. The summed E-state index contributed by atoms with van der Waals surface area (Å²) in [6, 6.07) is 22.1. The molecule has 0 radical (unpaired) electrons. The molecule has 5 nitrogen and oxygen atoms in total. The fraction of sp³-hybridized carbons (Fsp3) is 0.310. The minimum Gasteiger partial charge on any atom is -0.482 e. The molecule has 0 bridgehead atoms. The molecule has 190 valence electrons. The Kier molecular flexibility index (Phi) is 9.57. The van der Waals surface area contributed by atoms with E-state index in [0.29, 0.717) is 17.2 Å². The highest BCUT2D eigenvalue weighted by atomic mass is 79.9. The SMILES string of the molecule is Cc1cccc(CN(C(=O)COc2ccc(Br)cc2Cl)C(Cc2ccccc2)C(=O)NC(C)(C)C)c1. The van der Waals surface area contributed by atoms with Gasteiger partial charge < -0.3 is 15.0 Å². The van der Waals surface area contributed by atoms with Crippen LogP contribution < -0.4 is 10.1 Å². The van der Waals surface area contributed by atoms with Crippen molar-refractivity contribution in [2.45, 2.75) is 52.2 Å². The van der Waals surface area contributed by atoms with Crippen LogP contribution in [-0.4, -0.2) is 34.9 Å². The number of ether oxygens (including phenoxy) is 1. The molecule has 1 unspecified atom stereocenters. The van der Waals surface area contributed by atoms with Crippen molar-refractivity contribution in [3.05, 3.63) is 99.0 Å². The fourth-order valence-corrected chi connectivity index (χ4v) is 4.56. The quantitative estimate of drug-likeness (QED) is 0.326. The van der Waals surface area contributed by atoms with Gasteiger partial charge in [-0.15, -0.1) is 0 Å². The molecule has 7 heteroatoms. The second-order valence-corrected chi connectivity index (χ2v) is 11.1. The van der Waals surface area contributed by atoms with Gasteiger partial charge in [-0.3, -0.25) is 9.59 Å². The smallest absolute Gasteiger partial charge is 0.261 e. The van der Waals surface area contributed by atoms with Crippen molar-refractivity contribution < 1.29 is 14.3 Å². The fourth-order valence-electron chi connectivity index (χ4n) is 3.83. The predicted octanol–water partition coefficient (Wildman–Crippen LogP) is 6.34. The molecule has 3 rings (SSSR count). The van der Waals surface area contributed by atoms with E-state index in [1.54, 1.807) is 23.1 Å². The van der Waals surface area contributed by atoms with E-state index in [4.69, 9.17) is 16.3 Å². The Balaban J connectivity index is 1.94. The van der Waals surface area contributed by atoms with Gasteiger partial charge in [-0.1, -0.05) is 87.7 Å². The zero-order chi connectivity index (χ0) is 26.3. The molecule has 3 aromatic rings. The number of benzene rings is 3. The van der Waals surface area contributed by atoms with E-state index in [1.165, 1.54) is 0 Å². The zero-order valence-electron chi connectivity index (χ0n) is 21.1. The van der Waals surface area contributed by atoms with E-state index >= 15 is 0 Å². The first-order chi connectivity index (χ1) is 17.0. The van der Waals surface area contributed by atoms with E-state index in [0.717, 1.165) is 21.2 Å². The van der Waals surface area contributed by atoms with Crippen LogP contribution in [0.2, 0.25) is 5.02 Å². The molecule has 0 spiro atoms. The van der Waals surface area contributed by atoms with Crippen LogP contribution in [0.3, 0.4) is 0 Å². The first-order valence-corrected chi connectivity index (χ1v) is 13.0. The Bertz CT molecular complexity index is 1190. The summed E-state index contributed by atoms with van der Waals surface area (Å²) in [6.45, 7) is 7.80. The molecule has 0 aromatic heterocycles. The standard InChI is InChI=1S/C29H32BrClN2O3/c1-20-9-8-12-22(15-20)18-33(27(34)19-36-26-14-13-23(30)17-24(26)31)25(28(35)32-29(2,3)4)16-21-10-6-5-7-11-21/h5-15,17,25H,16,18-19H2,1-4H3,(H,32,35). The molecule has 1 N–H and O–H groups in total. The molecule has 0 saturated heterocycles. The van der Waals surface area contributed by atoms with Crippen LogP contribution in [-0.2, 0) is 22.6 Å². The Hall–Kier alpha value is -2.83. The Labute approximate surface area is 226 Å². The number of aryl methyl sites for hydroxylation is 1. The van der Waals surface area contributed by atoms with Crippen LogP contribution >= 0.6 is 27.5 Å². The summed E-state index contributed by atoms with van der Waals surface area (Å²) in [5.74, 6) is -0.114. The van der Waals surface area contributed by atoms with Gasteiger partial charge in [0.1, 0.15) is 11.8 Å². The molecule has 0 fully saturated rings. The lowest BCUT2D eigenvalue weighted by molar-refractivity contribution is -0.143. The number of hydrogen-bond acceptors (Lipinski definition) is 3. The van der Waals surface area contributed by atoms with E-state index in [2.05, 4.69) is 21.2 Å². The molecule has 0 saturated carbocycles. The largest absolute Gasteiger partial charge is 0.482 e. The topological polar surface area (TPSA) is 58.6 Å². The minimum atomic E-state index is -0.733. The van der Waals surface area contributed by atoms with Crippen molar-refractivity contribution in [3.63, 3.8) is 0 Å². The van der Waals surface area contributed by atoms with Crippen molar-refractivity contribution in [1.29, 1.82) is 0 Å². The highest BCUT2D eigenvalue weighted by molar-refractivity contribution is 9.10. The van der Waals surface area contributed by atoms with Gasteiger partial charge in [-0.2, -0.15) is 0 Å². The molecule has 0 aliphatic carbocycles. The van der Waals surface area contributed by atoms with E-state index in [9.17, 15) is 9.59 Å². The lowest BCUT2D eigenvalue weighted by Crippen LogP contribution is -2.55. The Morgan fingerprint density at radius 3 is 2.33 bits per heavy atom. The summed E-state index contributed by atoms with van der Waals surface area (Å²) in [5, 5.41) is 3.46. The molecule has 0 heterocycles. The maximum atomic E-state index is 13.7. The number of carbonyl (C=O) groups excluding carboxylic acids is 2. The number of halogens is 2. The first kappa shape index (κ1) is 27.8. The third-order valence-electron chi connectivity index (χ3n) is 5.45. The highest BCUT2D eigenvalue weighted by Gasteiger charge is 2.32. The predicted molar refractivity (Wildman–Crippen MR) is 148 cm³/mol. The van der Waals surface area contributed by atoms with E-state index < -0.39 is 11.6 Å². The van der Waals surface area contributed by atoms with Gasteiger partial charge in [-0.25, -0.2) is 0 Å². The van der Waals surface area contributed by atoms with Gasteiger partial charge in [0.2, 0.25) is 5.91 Å². The van der Waals surface area contributed by atoms with Gasteiger partial charge in [0.25, 0.3) is 5.91 Å². The highest BCUT2D eigenvalue weighted by Crippen LogP contribution is 2.28. The van der Waals surface area contributed by atoms with E-state index in [-0.39, 0.29) is 25.0 Å². The van der Waals surface area contributed by atoms with Gasteiger partial charge in [0.05, 0.1) is 5.02 Å². The summed E-state index contributed by atoms with van der Waals surface area (Å²) in [6.07, 6.45) is 0.374. The molecular formula is C29H32BrClN2O3. The number of carbonyl (C=O) groups is 2. The van der Waals surface area contributed by atoms with Crippen LogP contribution in [0.25, 0.3) is 0 Å². The lowest BCUT2D eigenvalue weighted by atomic mass is 10.0. The number of hydrogen-bond donors (Lipinski definition) is 1. The third kappa shape index (κ3) is 8.38. The number of rotatable bonds is 9. The van der Waals surface area contributed by atoms with Gasteiger partial charge in [-0.05, 0) is 57.0 Å². The van der Waals surface area contributed by atoms with Gasteiger partial charge in [0, 0.05) is 23.0 Å². The maximum absolute atomic E-state index is 13.7. The summed E-state index contributed by atoms with van der Waals surface area (Å²) in [5.41, 5.74) is 2.53. The average molecular weight is 572 g/mol. The molecule has 3 aromatic carbocycles. The minimum absolute atomic E-state index is 0.214. The van der Waals surface area contributed by atoms with Crippen LogP contribution in [0.15, 0.2) is 77.3 Å². The average Bonchev–Trinajstić information content (AvgIpc) is 2.80. The van der Waals surface area contributed by atoms with Gasteiger partial charge in [0.15, 0.2) is 6.61 Å². The summed E-state index contributed by atoms with van der Waals surface area (Å²) < 4.78 is 6.62. The Morgan fingerprint density at radius 2 is 1.69 bits per heavy atom. The third-order valence-corrected chi connectivity index (χ3v) is 6.24. The lowest BCUT2D eigenvalue weighted by Gasteiger charge is -2.34. The molecule has 2 amide bonds. The molecular weight excluding hydrogens is 540 g/mol. The zero-order valence-corrected chi connectivity index (χ0v) is 23.4. The number of nitrogens with one attached hydrogen (secondary N) is 1. The second-order valence-electron chi connectivity index (χ2n) is 9.82. The Morgan fingerprint density at radius 1 is 1.00 bits per heavy atom. The van der Waals surface area contributed by atoms with Crippen LogP contribution in [0.5, 0.6) is 5.75 Å². The number of amides is 2. The molecule has 1 atom stereocenters. The van der Waals surface area contributed by atoms with Crippen LogP contribution in [0.4, 0.5) is 0 Å². The molecule has 0 aliphatic heterocycles. The molecule has 0 aliphatic rings. The van der Waals surface area contributed by atoms with Gasteiger partial charge >= 0.3 is 0 Å². The monoisotopic (exact) mass is 570 g/mol. The van der Waals surface area contributed by atoms with Crippen molar-refractivity contribution in [2.24, 2.45) is 0 Å². The summed E-state index contributed by atoms with van der Waals surface area (Å²) >= 11 is 9.66. The molecule has 36 heavy (non-hydrogen) atoms. The van der Waals surface area contributed by atoms with Crippen molar-refractivity contribution in [3.8, 4) is 5.75 Å². The second kappa shape index (κ2) is 12.4. The first-order valence-electron chi connectivity index (χ1n) is 11.8. The summed E-state index contributed by atoms with van der Waals surface area (Å²) in [4.78, 5) is 28.8. The van der Waals surface area contributed by atoms with Crippen molar-refractivity contribution >= 4 is 39.3 Å². The van der Waals surface area contributed by atoms with Crippen LogP contribution in [0.1, 0.15) is 37.5 Å². The van der Waals surface area contributed by atoms with E-state index in [1.807, 2.05) is 82.3 Å². The van der Waals surface area contributed by atoms with Crippen LogP contribution in [0, 0.1) is 6.92 Å². The number of nitrogens with zero attached hydrogens (tertiary/aromatic N) is 1. The normalized spacial score (nSPS) is 12.1. The van der Waals surface area contributed by atoms with Crippen molar-refractivity contribution in [1.82, 2.24) is 10.2 Å².